The van der Waals surface area contributed by atoms with Crippen molar-refractivity contribution in [3.8, 4) is 0 Å². The molecule has 1 saturated carbocycles. The minimum absolute atomic E-state index is 0.183. The van der Waals surface area contributed by atoms with Crippen LogP contribution in [0, 0.1) is 5.92 Å². The normalized spacial score (nSPS) is 31.3. The zero-order valence-electron chi connectivity index (χ0n) is 10.9. The van der Waals surface area contributed by atoms with Gasteiger partial charge in [-0.15, -0.1) is 0 Å². The van der Waals surface area contributed by atoms with Crippen LogP contribution in [-0.2, 0) is 4.74 Å². The molecule has 0 radical (unpaired) electrons. The van der Waals surface area contributed by atoms with Gasteiger partial charge in [-0.1, -0.05) is 26.2 Å². The summed E-state index contributed by atoms with van der Waals surface area (Å²) in [5.74, 6) is 0.914. The van der Waals surface area contributed by atoms with E-state index >= 15 is 0 Å². The van der Waals surface area contributed by atoms with Crippen LogP contribution in [0.2, 0.25) is 0 Å². The average Bonchev–Trinajstić information content (AvgIpc) is 2.52. The maximum Gasteiger partial charge on any atom is 0.0587 e. The molecule has 1 rings (SSSR count). The minimum Gasteiger partial charge on any atom is -0.383 e. The highest BCUT2D eigenvalue weighted by atomic mass is 16.5. The summed E-state index contributed by atoms with van der Waals surface area (Å²) in [5, 5.41) is 3.62. The summed E-state index contributed by atoms with van der Waals surface area (Å²) in [5.41, 5.74) is 6.16. The van der Waals surface area contributed by atoms with Gasteiger partial charge in [-0.2, -0.15) is 0 Å². The van der Waals surface area contributed by atoms with E-state index in [-0.39, 0.29) is 5.54 Å². The Morgan fingerprint density at radius 2 is 2.19 bits per heavy atom. The Morgan fingerprint density at radius 3 is 2.81 bits per heavy atom. The third-order valence-corrected chi connectivity index (χ3v) is 4.07. The molecule has 2 atom stereocenters. The van der Waals surface area contributed by atoms with Crippen LogP contribution in [0.25, 0.3) is 0 Å². The fourth-order valence-corrected chi connectivity index (χ4v) is 2.76. The van der Waals surface area contributed by atoms with Crippen LogP contribution in [0.4, 0.5) is 0 Å². The molecule has 1 aliphatic rings. The van der Waals surface area contributed by atoms with Gasteiger partial charge in [0.05, 0.1) is 6.61 Å². The molecule has 1 aliphatic carbocycles. The Labute approximate surface area is 100 Å². The number of hydrogen-bond acceptors (Lipinski definition) is 3. The summed E-state index contributed by atoms with van der Waals surface area (Å²) in [4.78, 5) is 0. The van der Waals surface area contributed by atoms with Crippen molar-refractivity contribution in [1.82, 2.24) is 5.32 Å². The average molecular weight is 228 g/mol. The highest BCUT2D eigenvalue weighted by Gasteiger charge is 2.30. The largest absolute Gasteiger partial charge is 0.383 e. The van der Waals surface area contributed by atoms with Crippen molar-refractivity contribution >= 4 is 0 Å². The van der Waals surface area contributed by atoms with E-state index in [1.807, 2.05) is 0 Å². The number of ether oxygens (including phenoxy) is 1. The van der Waals surface area contributed by atoms with Gasteiger partial charge in [-0.3, -0.25) is 0 Å². The summed E-state index contributed by atoms with van der Waals surface area (Å²) < 4.78 is 5.09. The molecule has 96 valence electrons. The Kier molecular flexibility index (Phi) is 6.32. The van der Waals surface area contributed by atoms with Gasteiger partial charge in [0.25, 0.3) is 0 Å². The van der Waals surface area contributed by atoms with E-state index in [0.717, 1.165) is 25.6 Å². The highest BCUT2D eigenvalue weighted by Crippen LogP contribution is 2.31. The first-order valence-corrected chi connectivity index (χ1v) is 6.70. The van der Waals surface area contributed by atoms with Gasteiger partial charge in [0.1, 0.15) is 0 Å². The van der Waals surface area contributed by atoms with Crippen LogP contribution in [0.15, 0.2) is 0 Å². The Bertz CT molecular complexity index is 187. The number of nitrogens with two attached hydrogens (primary N) is 1. The van der Waals surface area contributed by atoms with Gasteiger partial charge < -0.3 is 15.8 Å². The fraction of sp³-hybridized carbons (Fsp3) is 1.00. The van der Waals surface area contributed by atoms with Crippen LogP contribution in [0.1, 0.15) is 45.4 Å². The second-order valence-electron chi connectivity index (χ2n) is 5.11. The van der Waals surface area contributed by atoms with E-state index in [1.165, 1.54) is 38.5 Å². The lowest BCUT2D eigenvalue weighted by atomic mass is 9.89. The Balaban J connectivity index is 2.44. The van der Waals surface area contributed by atoms with Crippen LogP contribution in [0.3, 0.4) is 0 Å². The topological polar surface area (TPSA) is 47.3 Å². The molecule has 0 heterocycles. The Morgan fingerprint density at radius 1 is 1.38 bits per heavy atom. The molecule has 2 unspecified atom stereocenters. The van der Waals surface area contributed by atoms with Crippen LogP contribution in [-0.4, -0.2) is 32.3 Å². The third-order valence-electron chi connectivity index (χ3n) is 4.07. The van der Waals surface area contributed by atoms with E-state index in [1.54, 1.807) is 7.11 Å². The first-order valence-electron chi connectivity index (χ1n) is 6.70. The molecule has 0 aliphatic heterocycles. The van der Waals surface area contributed by atoms with Gasteiger partial charge in [-0.25, -0.2) is 0 Å². The summed E-state index contributed by atoms with van der Waals surface area (Å²) in [7, 11) is 1.75. The third kappa shape index (κ3) is 4.04. The standard InChI is InChI=1S/C13H28N2O/c1-3-12-5-4-7-13(11-14,8-6-12)15-9-10-16-2/h12,15H,3-11,14H2,1-2H3. The minimum atomic E-state index is 0.183. The van der Waals surface area contributed by atoms with Gasteiger partial charge in [-0.05, 0) is 25.2 Å². The first kappa shape index (κ1) is 13.9. The highest BCUT2D eigenvalue weighted by molar-refractivity contribution is 4.91. The van der Waals surface area contributed by atoms with Gasteiger partial charge in [0.15, 0.2) is 0 Å². The second kappa shape index (κ2) is 7.25. The van der Waals surface area contributed by atoms with E-state index in [0.29, 0.717) is 0 Å². The molecule has 0 spiro atoms. The zero-order valence-corrected chi connectivity index (χ0v) is 10.9. The van der Waals surface area contributed by atoms with Crippen LogP contribution in [0.5, 0.6) is 0 Å². The van der Waals surface area contributed by atoms with Crippen molar-refractivity contribution in [2.75, 3.05) is 26.8 Å². The summed E-state index contributed by atoms with van der Waals surface area (Å²) in [6.45, 7) is 4.76. The lowest BCUT2D eigenvalue weighted by Gasteiger charge is -2.33. The lowest BCUT2D eigenvalue weighted by molar-refractivity contribution is 0.179. The molecule has 0 aromatic heterocycles. The van der Waals surface area contributed by atoms with E-state index in [9.17, 15) is 0 Å². The van der Waals surface area contributed by atoms with Gasteiger partial charge in [0.2, 0.25) is 0 Å². The van der Waals surface area contributed by atoms with E-state index in [2.05, 4.69) is 12.2 Å². The fourth-order valence-electron chi connectivity index (χ4n) is 2.76. The van der Waals surface area contributed by atoms with Gasteiger partial charge in [0, 0.05) is 25.7 Å². The lowest BCUT2D eigenvalue weighted by Crippen LogP contribution is -2.51. The zero-order chi connectivity index (χ0) is 11.9. The molecular weight excluding hydrogens is 200 g/mol. The maximum absolute atomic E-state index is 5.97. The van der Waals surface area contributed by atoms with Crippen molar-refractivity contribution in [2.45, 2.75) is 51.0 Å². The number of rotatable bonds is 6. The number of hydrogen-bond donors (Lipinski definition) is 2. The molecule has 0 bridgehead atoms. The van der Waals surface area contributed by atoms with Crippen molar-refractivity contribution < 1.29 is 4.74 Å². The van der Waals surface area contributed by atoms with Crippen LogP contribution < -0.4 is 11.1 Å². The first-order chi connectivity index (χ1) is 7.76. The maximum atomic E-state index is 5.97. The molecular formula is C13H28N2O. The molecule has 3 heteroatoms. The van der Waals surface area contributed by atoms with Crippen molar-refractivity contribution in [1.29, 1.82) is 0 Å². The van der Waals surface area contributed by atoms with Crippen molar-refractivity contribution in [3.05, 3.63) is 0 Å². The van der Waals surface area contributed by atoms with Gasteiger partial charge >= 0.3 is 0 Å². The number of methoxy groups -OCH3 is 1. The molecule has 1 fully saturated rings. The van der Waals surface area contributed by atoms with E-state index < -0.39 is 0 Å². The predicted octanol–water partition coefficient (Wildman–Crippen LogP) is 1.91. The van der Waals surface area contributed by atoms with Crippen molar-refractivity contribution in [3.63, 3.8) is 0 Å². The Hall–Kier alpha value is -0.120. The smallest absolute Gasteiger partial charge is 0.0587 e. The summed E-state index contributed by atoms with van der Waals surface area (Å²) in [6, 6.07) is 0. The second-order valence-corrected chi connectivity index (χ2v) is 5.11. The monoisotopic (exact) mass is 228 g/mol. The van der Waals surface area contributed by atoms with E-state index in [4.69, 9.17) is 10.5 Å². The molecule has 3 nitrogen and oxygen atoms in total. The number of nitrogens with one attached hydrogen (secondary N) is 1. The van der Waals surface area contributed by atoms with Crippen molar-refractivity contribution in [2.24, 2.45) is 11.7 Å². The molecule has 0 aromatic rings. The SMILES string of the molecule is CCC1CCCC(CN)(NCCOC)CC1. The summed E-state index contributed by atoms with van der Waals surface area (Å²) in [6.07, 6.45) is 7.79. The molecule has 0 aromatic carbocycles. The predicted molar refractivity (Wildman–Crippen MR) is 68.5 cm³/mol. The quantitative estimate of drug-likeness (QED) is 0.539. The van der Waals surface area contributed by atoms with Crippen LogP contribution >= 0.6 is 0 Å². The molecule has 16 heavy (non-hydrogen) atoms. The molecule has 3 N–H and O–H groups in total. The molecule has 0 amide bonds. The molecule has 0 saturated heterocycles. The summed E-state index contributed by atoms with van der Waals surface area (Å²) >= 11 is 0.